The summed E-state index contributed by atoms with van der Waals surface area (Å²) in [4.78, 5) is 0. The predicted molar refractivity (Wildman–Crippen MR) is 63.1 cm³/mol. The number of rotatable bonds is 3. The van der Waals surface area contributed by atoms with Crippen LogP contribution in [0.4, 0.5) is 4.39 Å². The van der Waals surface area contributed by atoms with Crippen LogP contribution >= 0.6 is 0 Å². The van der Waals surface area contributed by atoms with Gasteiger partial charge in [-0.15, -0.1) is 0 Å². The summed E-state index contributed by atoms with van der Waals surface area (Å²) in [6, 6.07) is 10.7. The summed E-state index contributed by atoms with van der Waals surface area (Å²) in [5.74, 6) is -0.000324. The number of phenolic OH excluding ortho intramolecular Hbond substituents is 1. The molecule has 0 radical (unpaired) electrons. The van der Waals surface area contributed by atoms with Gasteiger partial charge >= 0.3 is 0 Å². The Balaban J connectivity index is 2.61. The number of nitrogens with two attached hydrogens (primary N) is 1. The van der Waals surface area contributed by atoms with E-state index >= 15 is 0 Å². The summed E-state index contributed by atoms with van der Waals surface area (Å²) in [7, 11) is 0. The molecule has 2 rings (SSSR count). The molecular weight excluding hydrogens is 205 g/mol. The molecule has 0 aliphatic rings. The minimum Gasteiger partial charge on any atom is -0.508 e. The Morgan fingerprint density at radius 3 is 2.69 bits per heavy atom. The Hall–Kier alpha value is -1.61. The summed E-state index contributed by atoms with van der Waals surface area (Å²) < 4.78 is 13.9. The monoisotopic (exact) mass is 219 g/mol. The van der Waals surface area contributed by atoms with Crippen LogP contribution in [-0.2, 0) is 0 Å². The quantitative estimate of drug-likeness (QED) is 0.833. The average Bonchev–Trinajstić information content (AvgIpc) is 2.29. The molecule has 0 saturated carbocycles. The standard InChI is InChI=1S/C13H14FNO/c14-11(7-8-15)13-10-4-2-1-3-9(10)5-6-12(13)16/h1-6,11,16H,7-8,15H2. The number of fused-ring (bicyclic) bond motifs is 1. The van der Waals surface area contributed by atoms with Gasteiger partial charge in [-0.3, -0.25) is 0 Å². The highest BCUT2D eigenvalue weighted by atomic mass is 19.1. The summed E-state index contributed by atoms with van der Waals surface area (Å²) in [5.41, 5.74) is 5.69. The third-order valence-electron chi connectivity index (χ3n) is 2.68. The van der Waals surface area contributed by atoms with E-state index in [1.165, 1.54) is 6.07 Å². The van der Waals surface area contributed by atoms with Crippen LogP contribution in [0.5, 0.6) is 5.75 Å². The van der Waals surface area contributed by atoms with E-state index in [9.17, 15) is 9.50 Å². The largest absolute Gasteiger partial charge is 0.508 e. The molecule has 2 aromatic carbocycles. The molecule has 0 aliphatic carbocycles. The minimum absolute atomic E-state index is 0.000324. The number of alkyl halides is 1. The van der Waals surface area contributed by atoms with E-state index in [0.29, 0.717) is 5.56 Å². The fourth-order valence-corrected chi connectivity index (χ4v) is 1.90. The molecule has 1 unspecified atom stereocenters. The molecule has 0 heterocycles. The second-order valence-corrected chi connectivity index (χ2v) is 3.76. The van der Waals surface area contributed by atoms with Crippen molar-refractivity contribution in [1.29, 1.82) is 0 Å². The van der Waals surface area contributed by atoms with Crippen LogP contribution in [0.3, 0.4) is 0 Å². The second-order valence-electron chi connectivity index (χ2n) is 3.76. The summed E-state index contributed by atoms with van der Waals surface area (Å²) in [5, 5.41) is 11.4. The predicted octanol–water partition coefficient (Wildman–Crippen LogP) is 2.90. The molecule has 0 bridgehead atoms. The SMILES string of the molecule is NCCC(F)c1c(O)ccc2ccccc12. The first-order valence-corrected chi connectivity index (χ1v) is 5.29. The van der Waals surface area contributed by atoms with Crippen molar-refractivity contribution < 1.29 is 9.50 Å². The number of benzene rings is 2. The average molecular weight is 219 g/mol. The van der Waals surface area contributed by atoms with Gasteiger partial charge in [-0.25, -0.2) is 4.39 Å². The van der Waals surface area contributed by atoms with Crippen molar-refractivity contribution in [3.8, 4) is 5.75 Å². The molecule has 3 N–H and O–H groups in total. The van der Waals surface area contributed by atoms with Crippen molar-refractivity contribution in [1.82, 2.24) is 0 Å². The van der Waals surface area contributed by atoms with Gasteiger partial charge in [-0.05, 0) is 29.8 Å². The fourth-order valence-electron chi connectivity index (χ4n) is 1.90. The number of hydrogen-bond acceptors (Lipinski definition) is 2. The Morgan fingerprint density at radius 2 is 1.94 bits per heavy atom. The third-order valence-corrected chi connectivity index (χ3v) is 2.68. The number of phenols is 1. The number of hydrogen-bond donors (Lipinski definition) is 2. The van der Waals surface area contributed by atoms with E-state index < -0.39 is 6.17 Å². The van der Waals surface area contributed by atoms with Crippen molar-refractivity contribution in [2.45, 2.75) is 12.6 Å². The Bertz CT molecular complexity index is 498. The highest BCUT2D eigenvalue weighted by Gasteiger charge is 2.16. The van der Waals surface area contributed by atoms with Gasteiger partial charge in [-0.2, -0.15) is 0 Å². The van der Waals surface area contributed by atoms with Gasteiger partial charge in [0.05, 0.1) is 0 Å². The zero-order valence-corrected chi connectivity index (χ0v) is 8.86. The van der Waals surface area contributed by atoms with Crippen LogP contribution < -0.4 is 5.73 Å². The Kier molecular flexibility index (Phi) is 3.06. The molecule has 1 atom stereocenters. The lowest BCUT2D eigenvalue weighted by molar-refractivity contribution is 0.318. The van der Waals surface area contributed by atoms with Crippen LogP contribution in [0.25, 0.3) is 10.8 Å². The van der Waals surface area contributed by atoms with E-state index in [1.54, 1.807) is 6.07 Å². The highest BCUT2D eigenvalue weighted by molar-refractivity contribution is 5.88. The van der Waals surface area contributed by atoms with E-state index in [-0.39, 0.29) is 18.7 Å². The molecule has 2 aromatic rings. The van der Waals surface area contributed by atoms with Gasteiger partial charge in [0, 0.05) is 5.56 Å². The molecule has 0 aromatic heterocycles. The van der Waals surface area contributed by atoms with Crippen LogP contribution in [0.1, 0.15) is 18.2 Å². The van der Waals surface area contributed by atoms with Crippen LogP contribution in [0, 0.1) is 0 Å². The minimum atomic E-state index is -1.21. The van der Waals surface area contributed by atoms with Crippen LogP contribution in [-0.4, -0.2) is 11.7 Å². The maximum Gasteiger partial charge on any atom is 0.130 e. The van der Waals surface area contributed by atoms with Crippen molar-refractivity contribution in [3.05, 3.63) is 42.0 Å². The molecule has 0 saturated heterocycles. The maximum absolute atomic E-state index is 13.9. The first-order valence-electron chi connectivity index (χ1n) is 5.29. The van der Waals surface area contributed by atoms with E-state index in [2.05, 4.69) is 0 Å². The Labute approximate surface area is 93.5 Å². The molecule has 2 nitrogen and oxygen atoms in total. The molecular formula is C13H14FNO. The lowest BCUT2D eigenvalue weighted by Crippen LogP contribution is -2.04. The van der Waals surface area contributed by atoms with Crippen LogP contribution in [0.15, 0.2) is 36.4 Å². The summed E-state index contributed by atoms with van der Waals surface area (Å²) in [6.45, 7) is 0.268. The first kappa shape index (κ1) is 10.9. The molecule has 3 heteroatoms. The molecule has 0 fully saturated rings. The normalized spacial score (nSPS) is 12.9. The van der Waals surface area contributed by atoms with Crippen molar-refractivity contribution in [3.63, 3.8) is 0 Å². The third kappa shape index (κ3) is 1.86. The van der Waals surface area contributed by atoms with Crippen LogP contribution in [0.2, 0.25) is 0 Å². The zero-order valence-electron chi connectivity index (χ0n) is 8.86. The topological polar surface area (TPSA) is 46.2 Å². The zero-order chi connectivity index (χ0) is 11.5. The van der Waals surface area contributed by atoms with Gasteiger partial charge in [0.2, 0.25) is 0 Å². The van der Waals surface area contributed by atoms with Crippen molar-refractivity contribution in [2.75, 3.05) is 6.54 Å². The van der Waals surface area contributed by atoms with Crippen molar-refractivity contribution >= 4 is 10.8 Å². The fraction of sp³-hybridized carbons (Fsp3) is 0.231. The molecule has 0 spiro atoms. The van der Waals surface area contributed by atoms with Gasteiger partial charge < -0.3 is 10.8 Å². The summed E-state index contributed by atoms with van der Waals surface area (Å²) in [6.07, 6.45) is -0.988. The van der Waals surface area contributed by atoms with Crippen molar-refractivity contribution in [2.24, 2.45) is 5.73 Å². The highest BCUT2D eigenvalue weighted by Crippen LogP contribution is 2.35. The lowest BCUT2D eigenvalue weighted by atomic mass is 9.98. The van der Waals surface area contributed by atoms with Gasteiger partial charge in [0.15, 0.2) is 0 Å². The summed E-state index contributed by atoms with van der Waals surface area (Å²) >= 11 is 0. The van der Waals surface area contributed by atoms with E-state index in [4.69, 9.17) is 5.73 Å². The van der Waals surface area contributed by atoms with Gasteiger partial charge in [-0.1, -0.05) is 30.3 Å². The molecule has 0 amide bonds. The maximum atomic E-state index is 13.9. The molecule has 0 aliphatic heterocycles. The number of halogens is 1. The molecule has 16 heavy (non-hydrogen) atoms. The van der Waals surface area contributed by atoms with E-state index in [0.717, 1.165) is 10.8 Å². The Morgan fingerprint density at radius 1 is 1.19 bits per heavy atom. The first-order chi connectivity index (χ1) is 7.74. The molecule has 84 valence electrons. The number of aromatic hydroxyl groups is 1. The van der Waals surface area contributed by atoms with Gasteiger partial charge in [0.25, 0.3) is 0 Å². The lowest BCUT2D eigenvalue weighted by Gasteiger charge is -2.12. The smallest absolute Gasteiger partial charge is 0.130 e. The second kappa shape index (κ2) is 4.49. The van der Waals surface area contributed by atoms with Gasteiger partial charge in [0.1, 0.15) is 11.9 Å². The van der Waals surface area contributed by atoms with E-state index in [1.807, 2.05) is 24.3 Å².